The van der Waals surface area contributed by atoms with Crippen LogP contribution in [0.4, 0.5) is 4.79 Å². The van der Waals surface area contributed by atoms with Gasteiger partial charge < -0.3 is 15.2 Å². The van der Waals surface area contributed by atoms with Crippen LogP contribution in [0.2, 0.25) is 5.02 Å². The van der Waals surface area contributed by atoms with E-state index in [4.69, 9.17) is 16.3 Å². The van der Waals surface area contributed by atoms with Gasteiger partial charge in [-0.25, -0.2) is 4.79 Å². The maximum atomic E-state index is 11.3. The Morgan fingerprint density at radius 3 is 2.61 bits per heavy atom. The summed E-state index contributed by atoms with van der Waals surface area (Å²) < 4.78 is 4.93. The molecule has 3 amide bonds. The van der Waals surface area contributed by atoms with Crippen LogP contribution >= 0.6 is 11.6 Å². The standard InChI is InChI=1S/C11H9ClN2O4/c1-18-8-4-6(12)2-5(9(8)15)3-7-10(16)14-11(17)13-7/h2-4,15H,1H3,(H2,13,14,16,17)/b7-3-. The van der Waals surface area contributed by atoms with Crippen molar-refractivity contribution in [3.63, 3.8) is 0 Å². The molecule has 2 rings (SSSR count). The minimum Gasteiger partial charge on any atom is -0.504 e. The third-order valence-electron chi connectivity index (χ3n) is 2.31. The zero-order chi connectivity index (χ0) is 13.3. The number of imide groups is 1. The number of urea groups is 1. The average molecular weight is 269 g/mol. The lowest BCUT2D eigenvalue weighted by molar-refractivity contribution is -0.115. The number of phenolic OH excluding ortho intramolecular Hbond substituents is 1. The molecule has 1 aliphatic heterocycles. The Morgan fingerprint density at radius 2 is 2.06 bits per heavy atom. The summed E-state index contributed by atoms with van der Waals surface area (Å²) >= 11 is 5.84. The van der Waals surface area contributed by atoms with Crippen LogP contribution in [0.25, 0.3) is 6.08 Å². The zero-order valence-corrected chi connectivity index (χ0v) is 10.0. The third-order valence-corrected chi connectivity index (χ3v) is 2.53. The summed E-state index contributed by atoms with van der Waals surface area (Å²) in [5.41, 5.74) is 0.298. The highest BCUT2D eigenvalue weighted by Gasteiger charge is 2.23. The van der Waals surface area contributed by atoms with Gasteiger partial charge in [0.15, 0.2) is 11.5 Å². The first-order valence-corrected chi connectivity index (χ1v) is 5.29. The van der Waals surface area contributed by atoms with Crippen LogP contribution in [0.3, 0.4) is 0 Å². The number of halogens is 1. The van der Waals surface area contributed by atoms with Crippen LogP contribution in [0.5, 0.6) is 11.5 Å². The fourth-order valence-corrected chi connectivity index (χ4v) is 1.71. The summed E-state index contributed by atoms with van der Waals surface area (Å²) in [6.07, 6.45) is 1.31. The molecule has 18 heavy (non-hydrogen) atoms. The minimum absolute atomic E-state index is 0.0274. The number of hydrogen-bond acceptors (Lipinski definition) is 4. The summed E-state index contributed by atoms with van der Waals surface area (Å²) in [5.74, 6) is -0.555. The SMILES string of the molecule is COc1cc(Cl)cc(/C=C2\NC(=O)NC2=O)c1O. The number of rotatable bonds is 2. The van der Waals surface area contributed by atoms with E-state index in [0.717, 1.165) is 0 Å². The van der Waals surface area contributed by atoms with Gasteiger partial charge in [-0.3, -0.25) is 10.1 Å². The number of phenols is 1. The van der Waals surface area contributed by atoms with Gasteiger partial charge in [0, 0.05) is 16.7 Å². The number of amides is 3. The molecule has 1 aromatic carbocycles. The summed E-state index contributed by atoms with van der Waals surface area (Å²) in [6.45, 7) is 0. The molecule has 1 fully saturated rings. The maximum Gasteiger partial charge on any atom is 0.326 e. The number of ether oxygens (including phenoxy) is 1. The Morgan fingerprint density at radius 1 is 1.33 bits per heavy atom. The Balaban J connectivity index is 2.46. The molecule has 0 spiro atoms. The lowest BCUT2D eigenvalue weighted by Crippen LogP contribution is -2.22. The van der Waals surface area contributed by atoms with Crippen molar-refractivity contribution in [3.05, 3.63) is 28.4 Å². The lowest BCUT2D eigenvalue weighted by Gasteiger charge is -2.07. The van der Waals surface area contributed by atoms with Gasteiger partial charge in [-0.2, -0.15) is 0 Å². The Bertz CT molecular complexity index is 568. The molecule has 7 heteroatoms. The molecule has 1 saturated heterocycles. The largest absolute Gasteiger partial charge is 0.504 e. The first-order chi connectivity index (χ1) is 8.51. The highest BCUT2D eigenvalue weighted by molar-refractivity contribution is 6.31. The molecule has 1 aliphatic rings. The molecule has 0 atom stereocenters. The highest BCUT2D eigenvalue weighted by atomic mass is 35.5. The summed E-state index contributed by atoms with van der Waals surface area (Å²) in [6, 6.07) is 2.27. The minimum atomic E-state index is -0.611. The normalized spacial score (nSPS) is 16.7. The van der Waals surface area contributed by atoms with Gasteiger partial charge in [-0.15, -0.1) is 0 Å². The number of benzene rings is 1. The van der Waals surface area contributed by atoms with Crippen LogP contribution in [-0.2, 0) is 4.79 Å². The van der Waals surface area contributed by atoms with E-state index in [1.807, 2.05) is 5.32 Å². The van der Waals surface area contributed by atoms with Crippen molar-refractivity contribution in [2.75, 3.05) is 7.11 Å². The van der Waals surface area contributed by atoms with Crippen molar-refractivity contribution in [1.29, 1.82) is 0 Å². The number of methoxy groups -OCH3 is 1. The van der Waals surface area contributed by atoms with E-state index < -0.39 is 11.9 Å². The van der Waals surface area contributed by atoms with Gasteiger partial charge >= 0.3 is 6.03 Å². The predicted octanol–water partition coefficient (Wildman–Crippen LogP) is 1.23. The molecule has 0 bridgehead atoms. The average Bonchev–Trinajstić information content (AvgIpc) is 2.62. The van der Waals surface area contributed by atoms with E-state index in [9.17, 15) is 14.7 Å². The Kier molecular flexibility index (Phi) is 3.12. The van der Waals surface area contributed by atoms with E-state index in [1.165, 1.54) is 25.3 Å². The molecule has 1 heterocycles. The van der Waals surface area contributed by atoms with Gasteiger partial charge in [0.25, 0.3) is 5.91 Å². The van der Waals surface area contributed by atoms with Crippen LogP contribution < -0.4 is 15.4 Å². The molecule has 94 valence electrons. The van der Waals surface area contributed by atoms with Crippen LogP contribution in [-0.4, -0.2) is 24.2 Å². The van der Waals surface area contributed by atoms with Crippen molar-refractivity contribution in [3.8, 4) is 11.5 Å². The predicted molar refractivity (Wildman–Crippen MR) is 64.3 cm³/mol. The monoisotopic (exact) mass is 268 g/mol. The van der Waals surface area contributed by atoms with Crippen molar-refractivity contribution >= 4 is 29.6 Å². The third kappa shape index (κ3) is 2.23. The number of hydrogen-bond donors (Lipinski definition) is 3. The second-order valence-electron chi connectivity index (χ2n) is 3.51. The van der Waals surface area contributed by atoms with E-state index in [0.29, 0.717) is 5.02 Å². The molecule has 6 nitrogen and oxygen atoms in total. The summed E-state index contributed by atoms with van der Waals surface area (Å²) in [7, 11) is 1.38. The molecule has 1 aromatic rings. The Hall–Kier alpha value is -2.21. The van der Waals surface area contributed by atoms with Gasteiger partial charge in [-0.1, -0.05) is 11.6 Å². The zero-order valence-electron chi connectivity index (χ0n) is 9.28. The first kappa shape index (κ1) is 12.3. The topological polar surface area (TPSA) is 87.7 Å². The van der Waals surface area contributed by atoms with E-state index in [2.05, 4.69) is 5.32 Å². The molecular formula is C11H9ClN2O4. The van der Waals surface area contributed by atoms with Crippen molar-refractivity contribution in [2.45, 2.75) is 0 Å². The lowest BCUT2D eigenvalue weighted by atomic mass is 10.1. The van der Waals surface area contributed by atoms with E-state index in [-0.39, 0.29) is 22.8 Å². The number of nitrogens with one attached hydrogen (secondary N) is 2. The van der Waals surface area contributed by atoms with Crippen LogP contribution in [0.15, 0.2) is 17.8 Å². The molecule has 0 unspecified atom stereocenters. The molecule has 0 saturated carbocycles. The second-order valence-corrected chi connectivity index (χ2v) is 3.95. The maximum absolute atomic E-state index is 11.3. The Labute approximate surface area is 107 Å². The van der Waals surface area contributed by atoms with E-state index >= 15 is 0 Å². The van der Waals surface area contributed by atoms with Crippen LogP contribution in [0.1, 0.15) is 5.56 Å². The second kappa shape index (κ2) is 4.58. The fourth-order valence-electron chi connectivity index (χ4n) is 1.50. The fraction of sp³-hybridized carbons (Fsp3) is 0.0909. The highest BCUT2D eigenvalue weighted by Crippen LogP contribution is 2.34. The quantitative estimate of drug-likeness (QED) is 0.556. The van der Waals surface area contributed by atoms with Gasteiger partial charge in [-0.05, 0) is 12.1 Å². The number of carbonyl (C=O) groups excluding carboxylic acids is 2. The number of aromatic hydroxyl groups is 1. The molecular weight excluding hydrogens is 260 g/mol. The molecule has 0 aromatic heterocycles. The van der Waals surface area contributed by atoms with Gasteiger partial charge in [0.05, 0.1) is 7.11 Å². The van der Waals surface area contributed by atoms with Gasteiger partial charge in [0.2, 0.25) is 0 Å². The first-order valence-electron chi connectivity index (χ1n) is 4.92. The smallest absolute Gasteiger partial charge is 0.326 e. The number of carbonyl (C=O) groups is 2. The van der Waals surface area contributed by atoms with Crippen molar-refractivity contribution in [2.24, 2.45) is 0 Å². The molecule has 0 radical (unpaired) electrons. The molecule has 0 aliphatic carbocycles. The summed E-state index contributed by atoms with van der Waals surface area (Å²) in [4.78, 5) is 22.3. The van der Waals surface area contributed by atoms with Crippen molar-refractivity contribution in [1.82, 2.24) is 10.6 Å². The van der Waals surface area contributed by atoms with Crippen molar-refractivity contribution < 1.29 is 19.4 Å². The van der Waals surface area contributed by atoms with Crippen LogP contribution in [0, 0.1) is 0 Å². The summed E-state index contributed by atoms with van der Waals surface area (Å²) in [5, 5.41) is 14.5. The van der Waals surface area contributed by atoms with E-state index in [1.54, 1.807) is 0 Å². The molecule has 3 N–H and O–H groups in total. The van der Waals surface area contributed by atoms with Gasteiger partial charge in [0.1, 0.15) is 5.70 Å².